The number of hydrogen-bond donors (Lipinski definition) is 0. The second kappa shape index (κ2) is 11.5. The molecule has 0 radical (unpaired) electrons. The fraction of sp³-hybridized carbons (Fsp3) is 0.417. The molecule has 2 aromatic carbocycles. The molecule has 9 heteroatoms. The van der Waals surface area contributed by atoms with E-state index in [4.69, 9.17) is 0 Å². The number of rotatable bonds is 11. The third-order valence-corrected chi connectivity index (χ3v) is 8.63. The fourth-order valence-electron chi connectivity index (χ4n) is 3.46. The van der Waals surface area contributed by atoms with Crippen LogP contribution in [0.25, 0.3) is 10.2 Å². The summed E-state index contributed by atoms with van der Waals surface area (Å²) in [7, 11) is -3.41. The van der Waals surface area contributed by atoms with Gasteiger partial charge < -0.3 is 4.90 Å². The van der Waals surface area contributed by atoms with E-state index in [0.29, 0.717) is 29.4 Å². The molecule has 3 rings (SSSR count). The number of para-hydroxylation sites is 1. The quantitative estimate of drug-likeness (QED) is 0.347. The summed E-state index contributed by atoms with van der Waals surface area (Å²) in [6.07, 6.45) is 1.57. The van der Waals surface area contributed by atoms with Gasteiger partial charge in [-0.3, -0.25) is 9.69 Å². The van der Waals surface area contributed by atoms with Gasteiger partial charge in [-0.1, -0.05) is 48.9 Å². The lowest BCUT2D eigenvalue weighted by atomic mass is 10.2. The highest BCUT2D eigenvalue weighted by molar-refractivity contribution is 7.99. The lowest BCUT2D eigenvalue weighted by molar-refractivity contribution is -0.118. The maximum atomic E-state index is 13.3. The molecule has 33 heavy (non-hydrogen) atoms. The number of aryl methyl sites for hydroxylation is 1. The molecule has 0 saturated heterocycles. The van der Waals surface area contributed by atoms with Crippen molar-refractivity contribution in [1.82, 2.24) is 9.88 Å². The molecule has 6 nitrogen and oxygen atoms in total. The van der Waals surface area contributed by atoms with Crippen molar-refractivity contribution in [2.45, 2.75) is 37.0 Å². The van der Waals surface area contributed by atoms with Crippen molar-refractivity contribution in [3.8, 4) is 0 Å². The maximum absolute atomic E-state index is 13.3. The Labute approximate surface area is 204 Å². The summed E-state index contributed by atoms with van der Waals surface area (Å²) >= 11 is 3.03. The van der Waals surface area contributed by atoms with Gasteiger partial charge in [-0.15, -0.1) is 11.8 Å². The van der Waals surface area contributed by atoms with Crippen LogP contribution in [0.2, 0.25) is 0 Å². The number of amides is 1. The molecule has 0 unspecified atom stereocenters. The number of likely N-dealkylation sites (N-methyl/N-ethyl adjacent to an activating group) is 1. The molecule has 0 aliphatic heterocycles. The zero-order valence-electron chi connectivity index (χ0n) is 19.6. The predicted octanol–water partition coefficient (Wildman–Crippen LogP) is 4.87. The number of thiazole rings is 1. The van der Waals surface area contributed by atoms with Gasteiger partial charge in [-0.2, -0.15) is 0 Å². The van der Waals surface area contributed by atoms with E-state index < -0.39 is 9.84 Å². The summed E-state index contributed by atoms with van der Waals surface area (Å²) in [5.41, 5.74) is 1.65. The molecule has 0 atom stereocenters. The third-order valence-electron chi connectivity index (χ3n) is 5.44. The van der Waals surface area contributed by atoms with Gasteiger partial charge in [-0.05, 0) is 44.3 Å². The van der Waals surface area contributed by atoms with E-state index in [2.05, 4.69) is 54.9 Å². The second-order valence-electron chi connectivity index (χ2n) is 7.86. The molecule has 0 bridgehead atoms. The molecule has 1 heterocycles. The van der Waals surface area contributed by atoms with Crippen LogP contribution in [-0.2, 0) is 14.6 Å². The smallest absolute Gasteiger partial charge is 0.229 e. The van der Waals surface area contributed by atoms with Crippen molar-refractivity contribution >= 4 is 54.2 Å². The van der Waals surface area contributed by atoms with Crippen LogP contribution in [0, 0.1) is 6.92 Å². The number of carbonyl (C=O) groups excluding carboxylic acids is 1. The van der Waals surface area contributed by atoms with Gasteiger partial charge in [0.2, 0.25) is 5.91 Å². The first-order valence-electron chi connectivity index (χ1n) is 11.0. The van der Waals surface area contributed by atoms with E-state index in [-0.39, 0.29) is 10.8 Å². The van der Waals surface area contributed by atoms with Crippen LogP contribution in [0.5, 0.6) is 0 Å². The van der Waals surface area contributed by atoms with Crippen molar-refractivity contribution in [3.05, 3.63) is 48.0 Å². The number of benzene rings is 2. The van der Waals surface area contributed by atoms with E-state index in [1.54, 1.807) is 28.8 Å². The van der Waals surface area contributed by atoms with E-state index in [1.165, 1.54) is 23.2 Å². The van der Waals surface area contributed by atoms with Gasteiger partial charge in [0.25, 0.3) is 0 Å². The Kier molecular flexibility index (Phi) is 8.92. The summed E-state index contributed by atoms with van der Waals surface area (Å²) in [6.45, 7) is 9.31. The van der Waals surface area contributed by atoms with Crippen LogP contribution in [0.15, 0.2) is 52.3 Å². The first-order valence-corrected chi connectivity index (χ1v) is 14.7. The molecule has 0 N–H and O–H groups in total. The van der Waals surface area contributed by atoms with Crippen LogP contribution < -0.4 is 4.90 Å². The lowest BCUT2D eigenvalue weighted by Crippen LogP contribution is -2.39. The zero-order valence-corrected chi connectivity index (χ0v) is 22.0. The fourth-order valence-corrected chi connectivity index (χ4v) is 6.23. The minimum Gasteiger partial charge on any atom is -0.302 e. The largest absolute Gasteiger partial charge is 0.302 e. The molecule has 1 amide bonds. The maximum Gasteiger partial charge on any atom is 0.229 e. The average molecular weight is 506 g/mol. The van der Waals surface area contributed by atoms with Crippen molar-refractivity contribution in [1.29, 1.82) is 0 Å². The van der Waals surface area contributed by atoms with E-state index >= 15 is 0 Å². The van der Waals surface area contributed by atoms with Gasteiger partial charge >= 0.3 is 0 Å². The number of aromatic nitrogens is 1. The van der Waals surface area contributed by atoms with Crippen LogP contribution in [-0.4, -0.2) is 62.4 Å². The summed E-state index contributed by atoms with van der Waals surface area (Å²) in [5.74, 6) is 0.671. The number of fused-ring (bicyclic) bond motifs is 1. The number of anilines is 1. The molecule has 178 valence electrons. The van der Waals surface area contributed by atoms with Gasteiger partial charge in [-0.25, -0.2) is 13.4 Å². The first kappa shape index (κ1) is 25.7. The van der Waals surface area contributed by atoms with Crippen LogP contribution in [0.4, 0.5) is 5.13 Å². The van der Waals surface area contributed by atoms with Crippen LogP contribution >= 0.6 is 23.1 Å². The zero-order chi connectivity index (χ0) is 24.0. The van der Waals surface area contributed by atoms with Crippen molar-refractivity contribution < 1.29 is 13.2 Å². The SMILES string of the molecule is CCN(CC)CCN(C(=O)CCSc1ccc(C)cc1)c1nc2c(S(C)(=O)=O)cccc2s1. The highest BCUT2D eigenvalue weighted by Crippen LogP contribution is 2.33. The molecule has 3 aromatic rings. The monoisotopic (exact) mass is 505 g/mol. The number of nitrogens with zero attached hydrogens (tertiary/aromatic N) is 3. The normalized spacial score (nSPS) is 11.9. The molecular weight excluding hydrogens is 474 g/mol. The predicted molar refractivity (Wildman–Crippen MR) is 139 cm³/mol. The van der Waals surface area contributed by atoms with Gasteiger partial charge in [0.1, 0.15) is 5.52 Å². The molecule has 1 aromatic heterocycles. The summed E-state index contributed by atoms with van der Waals surface area (Å²) in [4.78, 5) is 23.2. The molecule has 0 fully saturated rings. The average Bonchev–Trinajstić information content (AvgIpc) is 3.21. The van der Waals surface area contributed by atoms with E-state index in [9.17, 15) is 13.2 Å². The topological polar surface area (TPSA) is 70.6 Å². The molecule has 0 saturated carbocycles. The first-order chi connectivity index (χ1) is 15.7. The molecule has 0 aliphatic rings. The molecule has 0 aliphatic carbocycles. The van der Waals surface area contributed by atoms with Gasteiger partial charge in [0.05, 0.1) is 9.60 Å². The van der Waals surface area contributed by atoms with Gasteiger partial charge in [0.15, 0.2) is 15.0 Å². The Morgan fingerprint density at radius 2 is 1.76 bits per heavy atom. The Morgan fingerprint density at radius 1 is 1.06 bits per heavy atom. The standard InChI is InChI=1S/C24H31N3O3S3/c1-5-26(6-2)15-16-27(22(28)14-17-31-19-12-10-18(3)11-13-19)24-25-23-20(32-24)8-7-9-21(23)33(4,29)30/h7-13H,5-6,14-17H2,1-4H3. The molecular formula is C24H31N3O3S3. The Hall–Kier alpha value is -1.94. The summed E-state index contributed by atoms with van der Waals surface area (Å²) in [5, 5.41) is 0.554. The lowest BCUT2D eigenvalue weighted by Gasteiger charge is -2.24. The number of sulfone groups is 1. The van der Waals surface area contributed by atoms with Crippen LogP contribution in [0.1, 0.15) is 25.8 Å². The summed E-state index contributed by atoms with van der Waals surface area (Å²) < 4.78 is 25.2. The minimum absolute atomic E-state index is 0.00160. The van der Waals surface area contributed by atoms with Crippen molar-refractivity contribution in [3.63, 3.8) is 0 Å². The second-order valence-corrected chi connectivity index (χ2v) is 12.0. The minimum atomic E-state index is -3.41. The number of hydrogen-bond acceptors (Lipinski definition) is 7. The van der Waals surface area contributed by atoms with E-state index in [1.807, 2.05) is 6.07 Å². The number of thioether (sulfide) groups is 1. The molecule has 0 spiro atoms. The number of carbonyl (C=O) groups is 1. The van der Waals surface area contributed by atoms with E-state index in [0.717, 1.165) is 29.2 Å². The highest BCUT2D eigenvalue weighted by Gasteiger charge is 2.23. The highest BCUT2D eigenvalue weighted by atomic mass is 32.2. The Balaban J connectivity index is 1.82. The third kappa shape index (κ3) is 6.79. The summed E-state index contributed by atoms with van der Waals surface area (Å²) in [6, 6.07) is 13.4. The Morgan fingerprint density at radius 3 is 2.39 bits per heavy atom. The van der Waals surface area contributed by atoms with Crippen molar-refractivity contribution in [2.24, 2.45) is 0 Å². The Bertz CT molecular complexity index is 1190. The van der Waals surface area contributed by atoms with Crippen LogP contribution in [0.3, 0.4) is 0 Å². The van der Waals surface area contributed by atoms with Crippen molar-refractivity contribution in [2.75, 3.05) is 43.1 Å². The van der Waals surface area contributed by atoms with Gasteiger partial charge in [0, 0.05) is 36.4 Å².